The fraction of sp³-hybridized carbons (Fsp3) is 0.346. The van der Waals surface area contributed by atoms with Crippen molar-refractivity contribution in [3.05, 3.63) is 72.3 Å². The third kappa shape index (κ3) is 6.00. The number of fused-ring (bicyclic) bond motifs is 3. The molecular weight excluding hydrogens is 420 g/mol. The number of ether oxygens (including phenoxy) is 1. The number of carboxylic acid groups (broad SMARTS) is 1. The van der Waals surface area contributed by atoms with E-state index in [9.17, 15) is 14.4 Å². The van der Waals surface area contributed by atoms with Crippen molar-refractivity contribution in [3.63, 3.8) is 0 Å². The number of benzene rings is 2. The average Bonchev–Trinajstić information content (AvgIpc) is 3.13. The third-order valence-corrected chi connectivity index (χ3v) is 5.90. The molecule has 0 aliphatic heterocycles. The molecule has 174 valence electrons. The molecule has 0 bridgehead atoms. The molecule has 7 nitrogen and oxygen atoms in total. The maximum atomic E-state index is 12.7. The molecule has 2 amide bonds. The van der Waals surface area contributed by atoms with Gasteiger partial charge in [-0.05, 0) is 41.5 Å². The van der Waals surface area contributed by atoms with Crippen LogP contribution in [0.25, 0.3) is 11.1 Å². The van der Waals surface area contributed by atoms with Gasteiger partial charge in [-0.2, -0.15) is 0 Å². The minimum atomic E-state index is -0.915. The zero-order valence-electron chi connectivity index (χ0n) is 18.8. The summed E-state index contributed by atoms with van der Waals surface area (Å²) in [7, 11) is 0. The first kappa shape index (κ1) is 24.0. The number of carbonyl (C=O) groups excluding carboxylic acids is 2. The predicted molar refractivity (Wildman–Crippen MR) is 126 cm³/mol. The number of rotatable bonds is 11. The largest absolute Gasteiger partial charge is 0.481 e. The van der Waals surface area contributed by atoms with Gasteiger partial charge in [0.2, 0.25) is 5.91 Å². The van der Waals surface area contributed by atoms with Crippen LogP contribution < -0.4 is 10.6 Å². The van der Waals surface area contributed by atoms with Gasteiger partial charge in [0.05, 0.1) is 0 Å². The van der Waals surface area contributed by atoms with Crippen molar-refractivity contribution in [1.82, 2.24) is 10.6 Å². The van der Waals surface area contributed by atoms with Crippen molar-refractivity contribution >= 4 is 18.0 Å². The molecule has 0 fully saturated rings. The van der Waals surface area contributed by atoms with Crippen LogP contribution in [0.2, 0.25) is 0 Å². The van der Waals surface area contributed by atoms with E-state index in [1.165, 1.54) is 0 Å². The number of amides is 2. The maximum absolute atomic E-state index is 12.7. The van der Waals surface area contributed by atoms with Crippen LogP contribution in [-0.4, -0.2) is 41.8 Å². The monoisotopic (exact) mass is 450 g/mol. The molecule has 2 aromatic carbocycles. The molecule has 3 rings (SSSR count). The third-order valence-electron chi connectivity index (χ3n) is 5.90. The number of hydrogen-bond donors (Lipinski definition) is 3. The Kier molecular flexibility index (Phi) is 8.24. The van der Waals surface area contributed by atoms with Gasteiger partial charge in [0.15, 0.2) is 0 Å². The molecule has 7 heteroatoms. The Balaban J connectivity index is 1.61. The van der Waals surface area contributed by atoms with Gasteiger partial charge < -0.3 is 20.5 Å². The number of carboxylic acids is 1. The van der Waals surface area contributed by atoms with E-state index < -0.39 is 18.1 Å². The number of nitrogens with one attached hydrogen (secondary N) is 2. The van der Waals surface area contributed by atoms with E-state index in [4.69, 9.17) is 9.84 Å². The fourth-order valence-electron chi connectivity index (χ4n) is 4.16. The highest BCUT2D eigenvalue weighted by atomic mass is 16.5. The summed E-state index contributed by atoms with van der Waals surface area (Å²) in [6.45, 7) is 5.68. The van der Waals surface area contributed by atoms with E-state index in [2.05, 4.69) is 29.3 Å². The minimum absolute atomic E-state index is 0.0370. The summed E-state index contributed by atoms with van der Waals surface area (Å²) in [6.07, 6.45) is 1.97. The first-order chi connectivity index (χ1) is 15.9. The Morgan fingerprint density at radius 1 is 1.06 bits per heavy atom. The van der Waals surface area contributed by atoms with Crippen LogP contribution in [0, 0.1) is 0 Å². The highest BCUT2D eigenvalue weighted by Crippen LogP contribution is 2.44. The molecule has 0 saturated carbocycles. The van der Waals surface area contributed by atoms with Gasteiger partial charge in [-0.1, -0.05) is 61.5 Å². The second-order valence-corrected chi connectivity index (χ2v) is 8.09. The van der Waals surface area contributed by atoms with Gasteiger partial charge in [0.25, 0.3) is 0 Å². The van der Waals surface area contributed by atoms with E-state index in [0.717, 1.165) is 22.3 Å². The van der Waals surface area contributed by atoms with Crippen LogP contribution in [-0.2, 0) is 14.3 Å². The second kappa shape index (κ2) is 11.3. The molecule has 0 radical (unpaired) electrons. The van der Waals surface area contributed by atoms with Crippen LogP contribution >= 0.6 is 0 Å². The van der Waals surface area contributed by atoms with Crippen LogP contribution in [0.15, 0.2) is 61.2 Å². The van der Waals surface area contributed by atoms with Gasteiger partial charge in [-0.15, -0.1) is 6.58 Å². The molecule has 33 heavy (non-hydrogen) atoms. The van der Waals surface area contributed by atoms with E-state index in [0.29, 0.717) is 12.8 Å². The number of carbonyl (C=O) groups is 3. The molecule has 0 spiro atoms. The Labute approximate surface area is 193 Å². The van der Waals surface area contributed by atoms with Gasteiger partial charge >= 0.3 is 12.1 Å². The minimum Gasteiger partial charge on any atom is -0.481 e. The molecular formula is C26H30N2O5. The zero-order chi connectivity index (χ0) is 23.8. The van der Waals surface area contributed by atoms with Crippen molar-refractivity contribution in [2.75, 3.05) is 6.61 Å². The van der Waals surface area contributed by atoms with E-state index in [1.54, 1.807) is 6.08 Å². The second-order valence-electron chi connectivity index (χ2n) is 8.09. The zero-order valence-corrected chi connectivity index (χ0v) is 18.8. The van der Waals surface area contributed by atoms with Crippen LogP contribution in [0.5, 0.6) is 0 Å². The van der Waals surface area contributed by atoms with Gasteiger partial charge in [0, 0.05) is 18.4 Å². The molecule has 0 aromatic heterocycles. The first-order valence-electron chi connectivity index (χ1n) is 11.2. The molecule has 2 unspecified atom stereocenters. The highest BCUT2D eigenvalue weighted by molar-refractivity contribution is 5.86. The van der Waals surface area contributed by atoms with Gasteiger partial charge in [-0.25, -0.2) is 4.79 Å². The summed E-state index contributed by atoms with van der Waals surface area (Å²) < 4.78 is 5.53. The predicted octanol–water partition coefficient (Wildman–Crippen LogP) is 4.23. The standard InChI is InChI=1S/C26H30N2O5/c1-3-9-23(25(31)27-17(4-2)14-15-24(29)30)28-26(32)33-16-22-20-12-7-5-10-18(20)19-11-6-8-13-21(19)22/h3,5-8,10-13,17,22-23H,1,4,9,14-16H2,2H3,(H,27,31)(H,28,32)(H,29,30). The SMILES string of the molecule is C=CCC(NC(=O)OCC1c2ccccc2-c2ccccc21)C(=O)NC(CC)CCC(=O)O. The molecule has 0 heterocycles. The normalized spacial score (nSPS) is 13.8. The fourth-order valence-corrected chi connectivity index (χ4v) is 4.16. The lowest BCUT2D eigenvalue weighted by Gasteiger charge is -2.22. The summed E-state index contributed by atoms with van der Waals surface area (Å²) in [4.78, 5) is 36.1. The Morgan fingerprint density at radius 3 is 2.21 bits per heavy atom. The van der Waals surface area contributed by atoms with Crippen molar-refractivity contribution < 1.29 is 24.2 Å². The van der Waals surface area contributed by atoms with Gasteiger partial charge in [-0.3, -0.25) is 9.59 Å². The van der Waals surface area contributed by atoms with Crippen molar-refractivity contribution in [2.24, 2.45) is 0 Å². The first-order valence-corrected chi connectivity index (χ1v) is 11.2. The van der Waals surface area contributed by atoms with E-state index in [-0.39, 0.29) is 37.3 Å². The topological polar surface area (TPSA) is 105 Å². The Hall–Kier alpha value is -3.61. The summed E-state index contributed by atoms with van der Waals surface area (Å²) in [5.74, 6) is -1.38. The average molecular weight is 451 g/mol. The number of aliphatic carboxylic acids is 1. The lowest BCUT2D eigenvalue weighted by molar-refractivity contribution is -0.137. The number of alkyl carbamates (subject to hydrolysis) is 1. The lowest BCUT2D eigenvalue weighted by atomic mass is 9.98. The summed E-state index contributed by atoms with van der Waals surface area (Å²) in [5, 5.41) is 14.3. The number of hydrogen-bond acceptors (Lipinski definition) is 4. The van der Waals surface area contributed by atoms with Crippen molar-refractivity contribution in [3.8, 4) is 11.1 Å². The maximum Gasteiger partial charge on any atom is 0.407 e. The van der Waals surface area contributed by atoms with Crippen molar-refractivity contribution in [2.45, 2.75) is 50.6 Å². The molecule has 0 saturated heterocycles. The lowest BCUT2D eigenvalue weighted by Crippen LogP contribution is -2.49. The van der Waals surface area contributed by atoms with Gasteiger partial charge in [0.1, 0.15) is 12.6 Å². The van der Waals surface area contributed by atoms with Crippen LogP contribution in [0.3, 0.4) is 0 Å². The molecule has 2 aromatic rings. The summed E-state index contributed by atoms with van der Waals surface area (Å²) >= 11 is 0. The Morgan fingerprint density at radius 2 is 1.67 bits per heavy atom. The van der Waals surface area contributed by atoms with Crippen LogP contribution in [0.4, 0.5) is 4.79 Å². The quantitative estimate of drug-likeness (QED) is 0.445. The molecule has 3 N–H and O–H groups in total. The highest BCUT2D eigenvalue weighted by Gasteiger charge is 2.30. The summed E-state index contributed by atoms with van der Waals surface area (Å²) in [6, 6.07) is 15.0. The van der Waals surface area contributed by atoms with E-state index in [1.807, 2.05) is 43.3 Å². The Bertz CT molecular complexity index is 974. The smallest absolute Gasteiger partial charge is 0.407 e. The van der Waals surface area contributed by atoms with E-state index >= 15 is 0 Å². The van der Waals surface area contributed by atoms with Crippen molar-refractivity contribution in [1.29, 1.82) is 0 Å². The molecule has 2 atom stereocenters. The molecule has 1 aliphatic carbocycles. The van der Waals surface area contributed by atoms with Crippen LogP contribution in [0.1, 0.15) is 49.7 Å². The summed E-state index contributed by atoms with van der Waals surface area (Å²) in [5.41, 5.74) is 4.49. The molecule has 1 aliphatic rings.